The Morgan fingerprint density at radius 2 is 1.03 bits per heavy atom. The van der Waals surface area contributed by atoms with Crippen molar-refractivity contribution in [1.82, 2.24) is 4.98 Å². The van der Waals surface area contributed by atoms with E-state index < -0.39 is 49.9 Å². The quantitative estimate of drug-likeness (QED) is 0.0326. The number of aryl methyl sites for hydroxylation is 2. The van der Waals surface area contributed by atoms with Crippen molar-refractivity contribution in [2.24, 2.45) is 17.8 Å². The molecule has 88 heavy (non-hydrogen) atoms. The zero-order valence-corrected chi connectivity index (χ0v) is 67.2. The van der Waals surface area contributed by atoms with Crippen LogP contribution in [0.25, 0.3) is 22.6 Å². The van der Waals surface area contributed by atoms with Crippen LogP contribution >= 0.6 is 0 Å². The summed E-state index contributed by atoms with van der Waals surface area (Å²) in [5.74, 6) is 1.75. The third-order valence-corrected chi connectivity index (χ3v) is 40.1. The molecule has 1 heterocycles. The van der Waals surface area contributed by atoms with E-state index in [4.69, 9.17) is 40.7 Å². The Balaban J connectivity index is 1.84. The van der Waals surface area contributed by atoms with Crippen LogP contribution in [0, 0.1) is 24.7 Å². The minimum atomic E-state index is -2.38. The first-order valence-corrected chi connectivity index (χ1v) is 52.0. The molecule has 498 valence electrons. The molecule has 15 heteroatoms. The van der Waals surface area contributed by atoms with Crippen LogP contribution in [0.5, 0.6) is 0 Å². The predicted octanol–water partition coefficient (Wildman–Crippen LogP) is 22.1. The van der Waals surface area contributed by atoms with Gasteiger partial charge in [0.25, 0.3) is 0 Å². The van der Waals surface area contributed by atoms with Crippen molar-refractivity contribution in [1.29, 1.82) is 0 Å². The van der Waals surface area contributed by atoms with E-state index >= 15 is 0 Å². The SMILES string of the molecule is CC[Si](CC)(CC)OC[C@H](C)[C@@H](OCc1ccc(C)cc1)[C@@H](C)[C@@H](C[C@H](C[C@@H](/C=C/C[C@H](O[Si](C)(C)C)[C@H](C)[C@@H](CCc1nc(-c2ccccc2)c(-c2ccccc2)o1)O[Si](C)(C)C)O[Si](C)(C)C(C)(C)C)O[Si](C)(C)C(C)(C)C)O[Si](C)(C)C(C)(C)C. The number of rotatable bonds is 36. The lowest BCUT2D eigenvalue weighted by Crippen LogP contribution is -2.52. The maximum absolute atomic E-state index is 7.86. The van der Waals surface area contributed by atoms with Gasteiger partial charge in [0.05, 0.1) is 43.2 Å². The molecule has 0 N–H and O–H groups in total. The summed E-state index contributed by atoms with van der Waals surface area (Å²) >= 11 is 0. The Morgan fingerprint density at radius 1 is 0.545 bits per heavy atom. The highest BCUT2D eigenvalue weighted by Crippen LogP contribution is 2.44. The van der Waals surface area contributed by atoms with Gasteiger partial charge in [-0.3, -0.25) is 0 Å². The van der Waals surface area contributed by atoms with E-state index in [0.29, 0.717) is 26.1 Å². The van der Waals surface area contributed by atoms with Crippen molar-refractivity contribution < 1.29 is 35.7 Å². The fraction of sp³-hybridized carbons (Fsp3) is 0.685. The fourth-order valence-corrected chi connectivity index (χ4v) is 20.2. The van der Waals surface area contributed by atoms with E-state index in [1.165, 1.54) is 11.1 Å². The van der Waals surface area contributed by atoms with E-state index in [1.54, 1.807) is 0 Å². The maximum Gasteiger partial charge on any atom is 0.195 e. The average Bonchev–Trinajstić information content (AvgIpc) is 1.51. The molecule has 9 nitrogen and oxygen atoms in total. The van der Waals surface area contributed by atoms with Crippen LogP contribution in [0.4, 0.5) is 0 Å². The van der Waals surface area contributed by atoms with Crippen LogP contribution in [0.3, 0.4) is 0 Å². The molecule has 0 aliphatic rings. The summed E-state index contributed by atoms with van der Waals surface area (Å²) in [6.07, 6.45) is 7.49. The molecule has 0 aliphatic heterocycles. The number of oxazole rings is 1. The van der Waals surface area contributed by atoms with Crippen molar-refractivity contribution in [3.05, 3.63) is 114 Å². The second kappa shape index (κ2) is 32.7. The molecule has 9 atom stereocenters. The van der Waals surface area contributed by atoms with Crippen molar-refractivity contribution in [2.75, 3.05) is 6.61 Å². The smallest absolute Gasteiger partial charge is 0.195 e. The number of nitrogens with zero attached hydrogens (tertiary/aromatic N) is 1. The topological polar surface area (TPSA) is 90.6 Å². The summed E-state index contributed by atoms with van der Waals surface area (Å²) in [5, 5.41) is -0.0555. The van der Waals surface area contributed by atoms with E-state index in [1.807, 2.05) is 12.1 Å². The van der Waals surface area contributed by atoms with Gasteiger partial charge >= 0.3 is 0 Å². The second-order valence-electron chi connectivity index (χ2n) is 32.6. The first kappa shape index (κ1) is 78.1. The Morgan fingerprint density at radius 3 is 1.53 bits per heavy atom. The highest BCUT2D eigenvalue weighted by molar-refractivity contribution is 6.75. The molecule has 4 aromatic rings. The van der Waals surface area contributed by atoms with Gasteiger partial charge in [0.1, 0.15) is 5.69 Å². The van der Waals surface area contributed by atoms with Crippen molar-refractivity contribution >= 4 is 49.9 Å². The van der Waals surface area contributed by atoms with Gasteiger partial charge in [-0.05, 0) is 144 Å². The molecule has 0 fully saturated rings. The van der Waals surface area contributed by atoms with Gasteiger partial charge in [-0.25, -0.2) is 4.98 Å². The van der Waals surface area contributed by atoms with E-state index in [2.05, 4.69) is 274 Å². The monoisotopic (exact) mass is 1320 g/mol. The summed E-state index contributed by atoms with van der Waals surface area (Å²) in [4.78, 5) is 5.20. The summed E-state index contributed by atoms with van der Waals surface area (Å²) in [6.45, 7) is 67.0. The minimum Gasteiger partial charge on any atom is -0.440 e. The highest BCUT2D eigenvalue weighted by Gasteiger charge is 2.47. The average molecular weight is 1320 g/mol. The molecule has 0 unspecified atom stereocenters. The van der Waals surface area contributed by atoms with Crippen LogP contribution in [-0.2, 0) is 44.3 Å². The third-order valence-electron chi connectivity index (χ3n) is 19.9. The zero-order chi connectivity index (χ0) is 66.5. The lowest BCUT2D eigenvalue weighted by molar-refractivity contribution is -0.0781. The zero-order valence-electron chi connectivity index (χ0n) is 61.2. The number of ether oxygens (including phenoxy) is 1. The lowest BCUT2D eigenvalue weighted by atomic mass is 9.86. The van der Waals surface area contributed by atoms with Crippen molar-refractivity contribution in [3.63, 3.8) is 0 Å². The maximum atomic E-state index is 7.86. The van der Waals surface area contributed by atoms with Gasteiger partial charge in [-0.15, -0.1) is 0 Å². The molecular formula is C73H129NO8Si6. The highest BCUT2D eigenvalue weighted by atomic mass is 28.4. The summed E-state index contributed by atoms with van der Waals surface area (Å²) in [7, 11) is -13.1. The summed E-state index contributed by atoms with van der Waals surface area (Å²) < 4.78 is 59.1. The molecule has 0 radical (unpaired) electrons. The number of hydrogen-bond donors (Lipinski definition) is 0. The van der Waals surface area contributed by atoms with Crippen LogP contribution in [0.15, 0.2) is 101 Å². The molecule has 0 aliphatic carbocycles. The Kier molecular flexibility index (Phi) is 29.0. The molecule has 0 saturated heterocycles. The minimum absolute atomic E-state index is 0.0165. The molecule has 0 spiro atoms. The first-order valence-electron chi connectivity index (χ1n) is 33.9. The van der Waals surface area contributed by atoms with Crippen LogP contribution in [-0.4, -0.2) is 98.1 Å². The van der Waals surface area contributed by atoms with E-state index in [-0.39, 0.29) is 69.5 Å². The summed E-state index contributed by atoms with van der Waals surface area (Å²) in [6, 6.07) is 32.9. The number of hydrogen-bond acceptors (Lipinski definition) is 9. The molecule has 3 aromatic carbocycles. The Labute approximate surface area is 546 Å². The Bertz CT molecular complexity index is 2610. The van der Waals surface area contributed by atoms with Crippen LogP contribution in [0.1, 0.15) is 147 Å². The molecule has 0 bridgehead atoms. The second-order valence-corrected chi connectivity index (χ2v) is 60.5. The molecular weight excluding hydrogens is 1190 g/mol. The number of benzene rings is 3. The van der Waals surface area contributed by atoms with Crippen molar-refractivity contribution in [3.8, 4) is 22.6 Å². The fourth-order valence-electron chi connectivity index (χ4n) is 11.0. The number of aromatic nitrogens is 1. The third kappa shape index (κ3) is 23.9. The van der Waals surface area contributed by atoms with Gasteiger partial charge in [-0.2, -0.15) is 0 Å². The first-order chi connectivity index (χ1) is 40.5. The van der Waals surface area contributed by atoms with Gasteiger partial charge in [0.2, 0.25) is 0 Å². The van der Waals surface area contributed by atoms with Crippen LogP contribution < -0.4 is 0 Å². The van der Waals surface area contributed by atoms with E-state index in [0.717, 1.165) is 65.9 Å². The van der Waals surface area contributed by atoms with E-state index in [9.17, 15) is 0 Å². The van der Waals surface area contributed by atoms with Crippen LogP contribution in [0.2, 0.25) is 112 Å². The molecule has 0 saturated carbocycles. The molecule has 4 rings (SSSR count). The van der Waals surface area contributed by atoms with Gasteiger partial charge in [-0.1, -0.05) is 207 Å². The molecule has 0 amide bonds. The van der Waals surface area contributed by atoms with Gasteiger partial charge in [0, 0.05) is 48.3 Å². The van der Waals surface area contributed by atoms with Gasteiger partial charge < -0.3 is 35.7 Å². The van der Waals surface area contributed by atoms with Gasteiger partial charge in [0.15, 0.2) is 61.6 Å². The summed E-state index contributed by atoms with van der Waals surface area (Å²) in [5.41, 5.74) is 5.36. The Hall–Kier alpha value is -2.37. The standard InChI is InChI=1S/C73H129NO8Si6/c1-29-88(30-2,31-3)76-53-56(5)69(75-54-59-47-45-55(4)46-48-59)58(7)66(82-87(27,28)73(14,15)16)52-63(79-86(25,26)72(11,12)13)51-62(78-85(23,24)71(8,9)10)43-38-44-64(80-83(17,18)19)57(6)65(81-84(20,21)22)49-50-67-74-68(60-39-34-32-35-40-60)70(77-67)61-41-36-33-37-42-61/h32-43,45-48,56-58,62-66,69H,29-31,44,49-54H2,1-28H3/b43-38+/t56-,57-,58-,62+,63-,64-,65+,66+,69+/m0/s1. The largest absolute Gasteiger partial charge is 0.440 e. The lowest BCUT2D eigenvalue weighted by Gasteiger charge is -2.46. The molecule has 1 aromatic heterocycles. The predicted molar refractivity (Wildman–Crippen MR) is 392 cm³/mol. The van der Waals surface area contributed by atoms with Crippen molar-refractivity contribution in [2.45, 2.75) is 298 Å². The normalized spacial score (nSPS) is 17.0.